The van der Waals surface area contributed by atoms with Crippen LogP contribution in [0.25, 0.3) is 0 Å². The third kappa shape index (κ3) is 2.93. The summed E-state index contributed by atoms with van der Waals surface area (Å²) in [6.45, 7) is 3.23. The summed E-state index contributed by atoms with van der Waals surface area (Å²) in [5.74, 6) is 0.870. The Morgan fingerprint density at radius 2 is 1.72 bits per heavy atom. The third-order valence-electron chi connectivity index (χ3n) is 5.26. The van der Waals surface area contributed by atoms with E-state index in [1.165, 1.54) is 0 Å². The van der Waals surface area contributed by atoms with E-state index in [2.05, 4.69) is 0 Å². The van der Waals surface area contributed by atoms with Crippen LogP contribution >= 0.6 is 0 Å². The van der Waals surface area contributed by atoms with Crippen LogP contribution in [0.3, 0.4) is 0 Å². The van der Waals surface area contributed by atoms with Crippen molar-refractivity contribution >= 4 is 11.7 Å². The number of nitrogens with zero attached hydrogens (tertiary/aromatic N) is 1. The van der Waals surface area contributed by atoms with Gasteiger partial charge in [-0.05, 0) is 31.2 Å². The molecule has 1 saturated heterocycles. The number of aryl methyl sites for hydroxylation is 1. The van der Waals surface area contributed by atoms with Gasteiger partial charge in [0.25, 0.3) is 5.91 Å². The number of carbonyl (C=O) groups is 2. The van der Waals surface area contributed by atoms with Gasteiger partial charge in [0, 0.05) is 31.5 Å². The molecule has 25 heavy (non-hydrogen) atoms. The van der Waals surface area contributed by atoms with Gasteiger partial charge in [-0.25, -0.2) is 0 Å². The van der Waals surface area contributed by atoms with Crippen molar-refractivity contribution in [2.24, 2.45) is 0 Å². The zero-order chi connectivity index (χ0) is 17.4. The van der Waals surface area contributed by atoms with E-state index in [4.69, 9.17) is 4.74 Å². The fourth-order valence-corrected chi connectivity index (χ4v) is 3.72. The molecule has 0 aromatic heterocycles. The van der Waals surface area contributed by atoms with Gasteiger partial charge in [0.15, 0.2) is 5.78 Å². The van der Waals surface area contributed by atoms with E-state index >= 15 is 0 Å². The minimum absolute atomic E-state index is 0.0531. The van der Waals surface area contributed by atoms with Crippen LogP contribution in [0.4, 0.5) is 0 Å². The lowest BCUT2D eigenvalue weighted by Crippen LogP contribution is -2.52. The topological polar surface area (TPSA) is 46.6 Å². The van der Waals surface area contributed by atoms with Gasteiger partial charge < -0.3 is 9.64 Å². The van der Waals surface area contributed by atoms with E-state index in [-0.39, 0.29) is 11.7 Å². The second-order valence-corrected chi connectivity index (χ2v) is 7.04. The molecule has 2 aliphatic rings. The molecule has 2 aromatic carbocycles. The zero-order valence-electron chi connectivity index (χ0n) is 14.3. The number of ketones is 1. The van der Waals surface area contributed by atoms with Crippen molar-refractivity contribution in [3.05, 3.63) is 65.2 Å². The molecule has 0 saturated carbocycles. The number of rotatable bonds is 1. The van der Waals surface area contributed by atoms with Crippen LogP contribution in [0, 0.1) is 6.92 Å². The van der Waals surface area contributed by atoms with E-state index in [1.54, 1.807) is 0 Å². The highest BCUT2D eigenvalue weighted by Gasteiger charge is 2.43. The smallest absolute Gasteiger partial charge is 0.253 e. The van der Waals surface area contributed by atoms with Gasteiger partial charge in [0.1, 0.15) is 11.4 Å². The largest absolute Gasteiger partial charge is 0.486 e. The van der Waals surface area contributed by atoms with E-state index in [0.29, 0.717) is 49.2 Å². The number of para-hydroxylation sites is 1. The van der Waals surface area contributed by atoms with E-state index < -0.39 is 5.60 Å². The van der Waals surface area contributed by atoms with Gasteiger partial charge in [-0.1, -0.05) is 29.8 Å². The maximum atomic E-state index is 12.7. The molecule has 1 amide bonds. The number of likely N-dealkylation sites (tertiary alicyclic amines) is 1. The van der Waals surface area contributed by atoms with Crippen molar-refractivity contribution in [2.45, 2.75) is 31.8 Å². The van der Waals surface area contributed by atoms with Crippen molar-refractivity contribution in [2.75, 3.05) is 13.1 Å². The summed E-state index contributed by atoms with van der Waals surface area (Å²) in [5.41, 5.74) is 2.07. The van der Waals surface area contributed by atoms with Crippen molar-refractivity contribution < 1.29 is 14.3 Å². The number of piperidine rings is 1. The summed E-state index contributed by atoms with van der Waals surface area (Å²) in [5, 5.41) is 0. The highest BCUT2D eigenvalue weighted by molar-refractivity contribution is 6.00. The van der Waals surface area contributed by atoms with Crippen molar-refractivity contribution in [3.8, 4) is 5.75 Å². The Balaban J connectivity index is 1.47. The highest BCUT2D eigenvalue weighted by atomic mass is 16.5. The predicted octanol–water partition coefficient (Wildman–Crippen LogP) is 3.64. The average Bonchev–Trinajstić information content (AvgIpc) is 2.62. The molecular formula is C21H21NO3. The van der Waals surface area contributed by atoms with Gasteiger partial charge >= 0.3 is 0 Å². The fraction of sp³-hybridized carbons (Fsp3) is 0.333. The Bertz CT molecular complexity index is 817. The van der Waals surface area contributed by atoms with Crippen molar-refractivity contribution in [1.82, 2.24) is 4.90 Å². The van der Waals surface area contributed by atoms with Crippen LogP contribution in [0.1, 0.15) is 45.5 Å². The first-order valence-corrected chi connectivity index (χ1v) is 8.74. The Morgan fingerprint density at radius 1 is 1.04 bits per heavy atom. The molecule has 128 valence electrons. The maximum Gasteiger partial charge on any atom is 0.253 e. The average molecular weight is 335 g/mol. The zero-order valence-corrected chi connectivity index (χ0v) is 14.3. The van der Waals surface area contributed by atoms with Gasteiger partial charge in [-0.2, -0.15) is 0 Å². The maximum absolute atomic E-state index is 12.7. The normalized spacial score (nSPS) is 18.6. The number of benzene rings is 2. The summed E-state index contributed by atoms with van der Waals surface area (Å²) in [7, 11) is 0. The van der Waals surface area contributed by atoms with Crippen LogP contribution in [-0.2, 0) is 0 Å². The van der Waals surface area contributed by atoms with Crippen LogP contribution in [0.2, 0.25) is 0 Å². The Morgan fingerprint density at radius 3 is 2.44 bits per heavy atom. The first-order chi connectivity index (χ1) is 12.1. The number of carbonyl (C=O) groups excluding carboxylic acids is 2. The Kier molecular flexibility index (Phi) is 3.83. The summed E-state index contributed by atoms with van der Waals surface area (Å²) in [6.07, 6.45) is 1.77. The van der Waals surface area contributed by atoms with Gasteiger partial charge in [-0.3, -0.25) is 9.59 Å². The minimum atomic E-state index is -0.463. The molecule has 4 nitrogen and oxygen atoms in total. The van der Waals surface area contributed by atoms with E-state index in [0.717, 1.165) is 5.56 Å². The molecule has 0 unspecified atom stereocenters. The molecule has 4 rings (SSSR count). The second-order valence-electron chi connectivity index (χ2n) is 7.04. The first-order valence-electron chi connectivity index (χ1n) is 8.74. The molecule has 1 fully saturated rings. The number of hydrogen-bond donors (Lipinski definition) is 0. The van der Waals surface area contributed by atoms with Gasteiger partial charge in [-0.15, -0.1) is 0 Å². The first kappa shape index (κ1) is 15.9. The molecule has 2 aromatic rings. The molecule has 0 bridgehead atoms. The van der Waals surface area contributed by atoms with E-state index in [9.17, 15) is 9.59 Å². The molecule has 2 aliphatic heterocycles. The van der Waals surface area contributed by atoms with Crippen LogP contribution in [0.15, 0.2) is 48.5 Å². The lowest BCUT2D eigenvalue weighted by Gasteiger charge is -2.44. The van der Waals surface area contributed by atoms with Crippen LogP contribution < -0.4 is 4.74 Å². The number of Topliss-reactive ketones (excluding diaryl/α,β-unsaturated/α-hetero) is 1. The molecule has 0 aliphatic carbocycles. The van der Waals surface area contributed by atoms with Crippen LogP contribution in [-0.4, -0.2) is 35.3 Å². The summed E-state index contributed by atoms with van der Waals surface area (Å²) in [4.78, 5) is 27.0. The lowest BCUT2D eigenvalue weighted by molar-refractivity contribution is -0.00570. The third-order valence-corrected chi connectivity index (χ3v) is 5.26. The molecule has 0 radical (unpaired) electrons. The quantitative estimate of drug-likeness (QED) is 0.799. The summed E-state index contributed by atoms with van der Waals surface area (Å²) < 4.78 is 6.22. The summed E-state index contributed by atoms with van der Waals surface area (Å²) in [6, 6.07) is 15.1. The predicted molar refractivity (Wildman–Crippen MR) is 95.1 cm³/mol. The Labute approximate surface area is 147 Å². The molecular weight excluding hydrogens is 314 g/mol. The summed E-state index contributed by atoms with van der Waals surface area (Å²) >= 11 is 0. The standard InChI is InChI=1S/C21H21NO3/c1-15-6-8-16(9-7-15)20(24)22-12-10-21(11-13-22)14-18(23)17-4-2-3-5-19(17)25-21/h2-9H,10-14H2,1H3. The molecule has 2 heterocycles. The SMILES string of the molecule is Cc1ccc(C(=O)N2CCC3(CC2)CC(=O)c2ccccc2O3)cc1. The number of hydrogen-bond acceptors (Lipinski definition) is 3. The Hall–Kier alpha value is -2.62. The van der Waals surface area contributed by atoms with Crippen molar-refractivity contribution in [1.29, 1.82) is 0 Å². The van der Waals surface area contributed by atoms with Crippen LogP contribution in [0.5, 0.6) is 5.75 Å². The minimum Gasteiger partial charge on any atom is -0.486 e. The lowest BCUT2D eigenvalue weighted by atomic mass is 9.82. The fourth-order valence-electron chi connectivity index (χ4n) is 3.72. The molecule has 0 N–H and O–H groups in total. The monoisotopic (exact) mass is 335 g/mol. The number of ether oxygens (including phenoxy) is 1. The molecule has 4 heteroatoms. The number of amides is 1. The second kappa shape index (κ2) is 6.03. The molecule has 1 spiro atoms. The molecule has 0 atom stereocenters. The number of fused-ring (bicyclic) bond motifs is 1. The van der Waals surface area contributed by atoms with Gasteiger partial charge in [0.2, 0.25) is 0 Å². The van der Waals surface area contributed by atoms with Crippen molar-refractivity contribution in [3.63, 3.8) is 0 Å². The highest BCUT2D eigenvalue weighted by Crippen LogP contribution is 2.39. The van der Waals surface area contributed by atoms with E-state index in [1.807, 2.05) is 60.4 Å². The van der Waals surface area contributed by atoms with Gasteiger partial charge in [0.05, 0.1) is 12.0 Å².